The van der Waals surface area contributed by atoms with Gasteiger partial charge in [0.2, 0.25) is 0 Å². The van der Waals surface area contributed by atoms with Gasteiger partial charge in [-0.05, 0) is 29.7 Å². The molecule has 1 aromatic heterocycles. The minimum absolute atomic E-state index is 0.219. The zero-order chi connectivity index (χ0) is 11.7. The predicted molar refractivity (Wildman–Crippen MR) is 62.1 cm³/mol. The Balaban J connectivity index is 2.49. The van der Waals surface area contributed by atoms with Crippen molar-refractivity contribution < 1.29 is 9.63 Å². The number of phenols is 1. The third-order valence-corrected chi connectivity index (χ3v) is 2.42. The molecule has 4 heteroatoms. The fourth-order valence-electron chi connectivity index (χ4n) is 1.54. The molecule has 2 aromatic rings. The molecule has 0 fully saturated rings. The second-order valence-corrected chi connectivity index (χ2v) is 4.08. The van der Waals surface area contributed by atoms with Crippen molar-refractivity contribution in [3.8, 4) is 17.1 Å². The molecule has 84 valence electrons. The second kappa shape index (κ2) is 3.89. The van der Waals surface area contributed by atoms with Gasteiger partial charge in [-0.25, -0.2) is 0 Å². The van der Waals surface area contributed by atoms with Gasteiger partial charge >= 0.3 is 0 Å². The Labute approximate surface area is 93.7 Å². The van der Waals surface area contributed by atoms with Crippen molar-refractivity contribution in [3.63, 3.8) is 0 Å². The van der Waals surface area contributed by atoms with Crippen LogP contribution in [0.2, 0.25) is 0 Å². The number of aromatic nitrogens is 1. The lowest BCUT2D eigenvalue weighted by atomic mass is 9.99. The molecular formula is C12H14N2O2. The molecule has 3 N–H and O–H groups in total. The van der Waals surface area contributed by atoms with Crippen molar-refractivity contribution in [1.82, 2.24) is 5.16 Å². The summed E-state index contributed by atoms with van der Waals surface area (Å²) >= 11 is 0. The highest BCUT2D eigenvalue weighted by Crippen LogP contribution is 2.29. The first-order chi connectivity index (χ1) is 7.56. The van der Waals surface area contributed by atoms with Gasteiger partial charge in [0.05, 0.1) is 0 Å². The van der Waals surface area contributed by atoms with Crippen molar-refractivity contribution in [1.29, 1.82) is 0 Å². The smallest absolute Gasteiger partial charge is 0.169 e. The average Bonchev–Trinajstić information content (AvgIpc) is 2.64. The standard InChI is InChI=1S/C12H14N2O2/c1-7(2)8-3-9(5-10(15)4-8)11-6-12(13)14-16-11/h3-7,15H,1-2H3,(H2,13,14). The van der Waals surface area contributed by atoms with Crippen LogP contribution in [0.5, 0.6) is 5.75 Å². The van der Waals surface area contributed by atoms with Crippen LogP contribution in [0, 0.1) is 0 Å². The number of hydrogen-bond acceptors (Lipinski definition) is 4. The molecule has 0 unspecified atom stereocenters. The van der Waals surface area contributed by atoms with Crippen LogP contribution in [-0.2, 0) is 0 Å². The molecule has 4 nitrogen and oxygen atoms in total. The van der Waals surface area contributed by atoms with E-state index >= 15 is 0 Å². The number of nitrogens with two attached hydrogens (primary N) is 1. The van der Waals surface area contributed by atoms with Crippen molar-refractivity contribution in [2.24, 2.45) is 0 Å². The zero-order valence-electron chi connectivity index (χ0n) is 9.27. The fraction of sp³-hybridized carbons (Fsp3) is 0.250. The number of benzene rings is 1. The number of nitrogens with zero attached hydrogens (tertiary/aromatic N) is 1. The normalized spacial score (nSPS) is 10.9. The maximum absolute atomic E-state index is 9.62. The van der Waals surface area contributed by atoms with Gasteiger partial charge in [-0.3, -0.25) is 0 Å². The lowest BCUT2D eigenvalue weighted by molar-refractivity contribution is 0.434. The largest absolute Gasteiger partial charge is 0.508 e. The molecule has 0 saturated carbocycles. The Hall–Kier alpha value is -1.97. The van der Waals surface area contributed by atoms with E-state index in [4.69, 9.17) is 10.3 Å². The highest BCUT2D eigenvalue weighted by Gasteiger charge is 2.09. The van der Waals surface area contributed by atoms with Crippen LogP contribution >= 0.6 is 0 Å². The second-order valence-electron chi connectivity index (χ2n) is 4.08. The van der Waals surface area contributed by atoms with E-state index in [2.05, 4.69) is 19.0 Å². The highest BCUT2D eigenvalue weighted by atomic mass is 16.5. The zero-order valence-corrected chi connectivity index (χ0v) is 9.27. The van der Waals surface area contributed by atoms with E-state index in [1.54, 1.807) is 18.2 Å². The molecule has 0 amide bonds. The van der Waals surface area contributed by atoms with Crippen LogP contribution in [0.4, 0.5) is 5.82 Å². The Bertz CT molecular complexity index is 503. The van der Waals surface area contributed by atoms with E-state index in [-0.39, 0.29) is 5.75 Å². The molecule has 0 aliphatic rings. The van der Waals surface area contributed by atoms with Crippen LogP contribution in [0.25, 0.3) is 11.3 Å². The molecule has 0 atom stereocenters. The number of rotatable bonds is 2. The lowest BCUT2D eigenvalue weighted by Gasteiger charge is -2.07. The van der Waals surface area contributed by atoms with Gasteiger partial charge in [0.15, 0.2) is 11.6 Å². The molecule has 0 aliphatic heterocycles. The topological polar surface area (TPSA) is 72.3 Å². The number of anilines is 1. The van der Waals surface area contributed by atoms with Crippen LogP contribution in [0.1, 0.15) is 25.3 Å². The van der Waals surface area contributed by atoms with Gasteiger partial charge < -0.3 is 15.4 Å². The molecular weight excluding hydrogens is 204 g/mol. The Morgan fingerprint density at radius 3 is 2.56 bits per heavy atom. The van der Waals surface area contributed by atoms with Crippen LogP contribution < -0.4 is 5.73 Å². The molecule has 0 bridgehead atoms. The number of phenolic OH excluding ortho intramolecular Hbond substituents is 1. The minimum Gasteiger partial charge on any atom is -0.508 e. The molecule has 0 aliphatic carbocycles. The summed E-state index contributed by atoms with van der Waals surface area (Å²) in [6.07, 6.45) is 0. The monoisotopic (exact) mass is 218 g/mol. The van der Waals surface area contributed by atoms with E-state index in [0.717, 1.165) is 11.1 Å². The Morgan fingerprint density at radius 1 is 1.25 bits per heavy atom. The summed E-state index contributed by atoms with van der Waals surface area (Å²) in [6.45, 7) is 4.13. The molecule has 0 saturated heterocycles. The average molecular weight is 218 g/mol. The van der Waals surface area contributed by atoms with E-state index in [1.807, 2.05) is 6.07 Å². The Kier molecular flexibility index (Phi) is 2.56. The first kappa shape index (κ1) is 10.5. The van der Waals surface area contributed by atoms with Crippen molar-refractivity contribution in [2.45, 2.75) is 19.8 Å². The van der Waals surface area contributed by atoms with Gasteiger partial charge in [0, 0.05) is 11.6 Å². The third-order valence-electron chi connectivity index (χ3n) is 2.42. The van der Waals surface area contributed by atoms with Gasteiger partial charge in [-0.2, -0.15) is 0 Å². The fourth-order valence-corrected chi connectivity index (χ4v) is 1.54. The maximum atomic E-state index is 9.62. The van der Waals surface area contributed by atoms with E-state index in [1.165, 1.54) is 0 Å². The summed E-state index contributed by atoms with van der Waals surface area (Å²) in [7, 11) is 0. The van der Waals surface area contributed by atoms with Gasteiger partial charge in [0.25, 0.3) is 0 Å². The summed E-state index contributed by atoms with van der Waals surface area (Å²) in [5.41, 5.74) is 7.32. The SMILES string of the molecule is CC(C)c1cc(O)cc(-c2cc(N)no2)c1. The summed E-state index contributed by atoms with van der Waals surface area (Å²) in [5.74, 6) is 1.46. The molecule has 1 heterocycles. The third kappa shape index (κ3) is 2.00. The van der Waals surface area contributed by atoms with E-state index in [9.17, 15) is 5.11 Å². The molecule has 2 rings (SSSR count). The van der Waals surface area contributed by atoms with Crippen LogP contribution in [-0.4, -0.2) is 10.3 Å². The van der Waals surface area contributed by atoms with Gasteiger partial charge in [-0.15, -0.1) is 0 Å². The molecule has 0 radical (unpaired) electrons. The van der Waals surface area contributed by atoms with E-state index < -0.39 is 0 Å². The quantitative estimate of drug-likeness (QED) is 0.812. The minimum atomic E-state index is 0.219. The van der Waals surface area contributed by atoms with Crippen molar-refractivity contribution in [3.05, 3.63) is 29.8 Å². The van der Waals surface area contributed by atoms with Gasteiger partial charge in [0.1, 0.15) is 5.75 Å². The van der Waals surface area contributed by atoms with E-state index in [0.29, 0.717) is 17.5 Å². The summed E-state index contributed by atoms with van der Waals surface area (Å²) < 4.78 is 5.05. The predicted octanol–water partition coefficient (Wildman–Crippen LogP) is 2.75. The lowest BCUT2D eigenvalue weighted by Crippen LogP contribution is -1.88. The van der Waals surface area contributed by atoms with Crippen LogP contribution in [0.15, 0.2) is 28.8 Å². The maximum Gasteiger partial charge on any atom is 0.169 e. The van der Waals surface area contributed by atoms with Crippen LogP contribution in [0.3, 0.4) is 0 Å². The van der Waals surface area contributed by atoms with Crippen molar-refractivity contribution in [2.75, 3.05) is 5.73 Å². The Morgan fingerprint density at radius 2 is 2.00 bits per heavy atom. The first-order valence-corrected chi connectivity index (χ1v) is 5.13. The molecule has 1 aromatic carbocycles. The number of aromatic hydroxyl groups is 1. The molecule has 0 spiro atoms. The van der Waals surface area contributed by atoms with Gasteiger partial charge in [-0.1, -0.05) is 19.0 Å². The first-order valence-electron chi connectivity index (χ1n) is 5.13. The molecule has 16 heavy (non-hydrogen) atoms. The summed E-state index contributed by atoms with van der Waals surface area (Å²) in [5, 5.41) is 13.2. The van der Waals surface area contributed by atoms with Crippen molar-refractivity contribution >= 4 is 5.82 Å². The summed E-state index contributed by atoms with van der Waals surface area (Å²) in [4.78, 5) is 0. The highest BCUT2D eigenvalue weighted by molar-refractivity contribution is 5.63. The number of nitrogen functional groups attached to an aromatic ring is 1. The number of hydrogen-bond donors (Lipinski definition) is 2. The summed E-state index contributed by atoms with van der Waals surface area (Å²) in [6, 6.07) is 6.98.